The molecular weight excluding hydrogens is 216 g/mol. The lowest BCUT2D eigenvalue weighted by Crippen LogP contribution is -1.86. The molecule has 0 radical (unpaired) electrons. The van der Waals surface area contributed by atoms with Crippen molar-refractivity contribution in [2.45, 2.75) is 6.92 Å². The van der Waals surface area contributed by atoms with Gasteiger partial charge in [0.25, 0.3) is 0 Å². The van der Waals surface area contributed by atoms with Crippen molar-refractivity contribution in [2.24, 2.45) is 0 Å². The number of benzene rings is 1. The van der Waals surface area contributed by atoms with E-state index in [0.29, 0.717) is 10.8 Å². The van der Waals surface area contributed by atoms with Gasteiger partial charge in [-0.05, 0) is 13.0 Å². The Bertz CT molecular complexity index is 445. The van der Waals surface area contributed by atoms with E-state index in [4.69, 9.17) is 17.3 Å². The maximum Gasteiger partial charge on any atom is 0.138 e. The van der Waals surface area contributed by atoms with E-state index in [1.54, 1.807) is 11.3 Å². The normalized spacial score (nSPS) is 10.4. The van der Waals surface area contributed by atoms with Crippen LogP contribution in [0.25, 0.3) is 10.6 Å². The number of nitrogen functional groups attached to an aromatic ring is 1. The molecule has 72 valence electrons. The molecule has 2 rings (SSSR count). The minimum atomic E-state index is 0.588. The highest BCUT2D eigenvalue weighted by molar-refractivity contribution is 7.15. The predicted octanol–water partition coefficient (Wildman–Crippen LogP) is 3.35. The molecule has 0 unspecified atom stereocenters. The van der Waals surface area contributed by atoms with Crippen molar-refractivity contribution in [3.63, 3.8) is 0 Å². The lowest BCUT2D eigenvalue weighted by Gasteiger charge is -1.97. The highest BCUT2D eigenvalue weighted by Gasteiger charge is 2.08. The molecule has 4 heteroatoms. The zero-order chi connectivity index (χ0) is 10.1. The fraction of sp³-hybridized carbons (Fsp3) is 0.100. The third-order valence-electron chi connectivity index (χ3n) is 1.94. The van der Waals surface area contributed by atoms with Crippen LogP contribution in [0.2, 0.25) is 5.02 Å². The van der Waals surface area contributed by atoms with Crippen LogP contribution in [-0.2, 0) is 0 Å². The first kappa shape index (κ1) is 9.49. The Kier molecular flexibility index (Phi) is 2.44. The van der Waals surface area contributed by atoms with Gasteiger partial charge in [-0.1, -0.05) is 29.8 Å². The van der Waals surface area contributed by atoms with Gasteiger partial charge in [-0.25, -0.2) is 4.98 Å². The summed E-state index contributed by atoms with van der Waals surface area (Å²) in [5, 5.41) is 1.59. The molecule has 0 aliphatic carbocycles. The van der Waals surface area contributed by atoms with E-state index in [9.17, 15) is 0 Å². The van der Waals surface area contributed by atoms with Gasteiger partial charge in [0.05, 0.1) is 5.02 Å². The number of halogens is 1. The van der Waals surface area contributed by atoms with Crippen LogP contribution in [0, 0.1) is 6.92 Å². The van der Waals surface area contributed by atoms with Crippen LogP contribution >= 0.6 is 22.9 Å². The molecule has 0 saturated carbocycles. The summed E-state index contributed by atoms with van der Waals surface area (Å²) in [6.45, 7) is 1.95. The van der Waals surface area contributed by atoms with Gasteiger partial charge in [0.2, 0.25) is 0 Å². The smallest absolute Gasteiger partial charge is 0.138 e. The monoisotopic (exact) mass is 224 g/mol. The van der Waals surface area contributed by atoms with Gasteiger partial charge in [-0.3, -0.25) is 0 Å². The molecule has 1 aromatic carbocycles. The van der Waals surface area contributed by atoms with Gasteiger partial charge in [0.1, 0.15) is 10.8 Å². The molecule has 1 aromatic heterocycles. The zero-order valence-electron chi connectivity index (χ0n) is 7.62. The number of hydrogen-bond donors (Lipinski definition) is 1. The zero-order valence-corrected chi connectivity index (χ0v) is 9.19. The molecule has 0 saturated heterocycles. The molecule has 0 bridgehead atoms. The Hall–Kier alpha value is -1.06. The van der Waals surface area contributed by atoms with Crippen LogP contribution in [0.5, 0.6) is 0 Å². The molecule has 2 N–H and O–H groups in total. The number of hydrogen-bond acceptors (Lipinski definition) is 3. The largest absolute Gasteiger partial charge is 0.383 e. The standard InChI is InChI=1S/C10H9ClN2S/c1-6-9(12)13-10(14-6)7-4-2-3-5-8(7)11/h2-5H,12H2,1H3. The van der Waals surface area contributed by atoms with Crippen LogP contribution < -0.4 is 5.73 Å². The fourth-order valence-electron chi connectivity index (χ4n) is 1.16. The number of aromatic nitrogens is 1. The summed E-state index contributed by atoms with van der Waals surface area (Å²) in [5.41, 5.74) is 6.63. The van der Waals surface area contributed by atoms with Crippen molar-refractivity contribution in [3.05, 3.63) is 34.2 Å². The molecule has 0 amide bonds. The second kappa shape index (κ2) is 3.59. The number of nitrogens with zero attached hydrogens (tertiary/aromatic N) is 1. The highest BCUT2D eigenvalue weighted by atomic mass is 35.5. The quantitative estimate of drug-likeness (QED) is 0.807. The summed E-state index contributed by atoms with van der Waals surface area (Å²) in [4.78, 5) is 5.28. The number of aryl methyl sites for hydroxylation is 1. The van der Waals surface area contributed by atoms with E-state index >= 15 is 0 Å². The maximum absolute atomic E-state index is 6.05. The molecule has 0 spiro atoms. The number of thiazole rings is 1. The molecule has 2 aromatic rings. The van der Waals surface area contributed by atoms with E-state index in [0.717, 1.165) is 15.4 Å². The van der Waals surface area contributed by atoms with Crippen molar-refractivity contribution in [1.82, 2.24) is 4.98 Å². The second-order valence-electron chi connectivity index (χ2n) is 2.94. The van der Waals surface area contributed by atoms with Crippen LogP contribution in [0.1, 0.15) is 4.88 Å². The van der Waals surface area contributed by atoms with Gasteiger partial charge >= 0.3 is 0 Å². The first-order valence-electron chi connectivity index (χ1n) is 4.16. The number of rotatable bonds is 1. The Labute approximate surface area is 91.4 Å². The first-order chi connectivity index (χ1) is 6.68. The second-order valence-corrected chi connectivity index (χ2v) is 4.55. The molecule has 14 heavy (non-hydrogen) atoms. The minimum Gasteiger partial charge on any atom is -0.383 e. The Morgan fingerprint density at radius 1 is 1.36 bits per heavy atom. The van der Waals surface area contributed by atoms with Crippen LogP contribution in [-0.4, -0.2) is 4.98 Å². The highest BCUT2D eigenvalue weighted by Crippen LogP contribution is 2.33. The number of nitrogens with two attached hydrogens (primary N) is 1. The van der Waals surface area contributed by atoms with E-state index < -0.39 is 0 Å². The van der Waals surface area contributed by atoms with Gasteiger partial charge in [0, 0.05) is 10.4 Å². The van der Waals surface area contributed by atoms with E-state index in [1.807, 2.05) is 31.2 Å². The SMILES string of the molecule is Cc1sc(-c2ccccc2Cl)nc1N. The van der Waals surface area contributed by atoms with Crippen molar-refractivity contribution in [2.75, 3.05) is 5.73 Å². The topological polar surface area (TPSA) is 38.9 Å². The van der Waals surface area contributed by atoms with Crippen molar-refractivity contribution in [3.8, 4) is 10.6 Å². The van der Waals surface area contributed by atoms with Crippen molar-refractivity contribution >= 4 is 28.8 Å². The minimum absolute atomic E-state index is 0.588. The molecule has 0 aliphatic rings. The maximum atomic E-state index is 6.05. The van der Waals surface area contributed by atoms with E-state index in [2.05, 4.69) is 4.98 Å². The number of anilines is 1. The fourth-order valence-corrected chi connectivity index (χ4v) is 2.31. The Morgan fingerprint density at radius 2 is 2.07 bits per heavy atom. The average molecular weight is 225 g/mol. The van der Waals surface area contributed by atoms with Crippen molar-refractivity contribution in [1.29, 1.82) is 0 Å². The van der Waals surface area contributed by atoms with Crippen LogP contribution in [0.4, 0.5) is 5.82 Å². The van der Waals surface area contributed by atoms with Gasteiger partial charge < -0.3 is 5.73 Å². The van der Waals surface area contributed by atoms with Crippen molar-refractivity contribution < 1.29 is 0 Å². The summed E-state index contributed by atoms with van der Waals surface area (Å²) in [5.74, 6) is 0.588. The molecule has 0 aliphatic heterocycles. The molecule has 0 atom stereocenters. The van der Waals surface area contributed by atoms with Crippen LogP contribution in [0.15, 0.2) is 24.3 Å². The van der Waals surface area contributed by atoms with Crippen LogP contribution in [0.3, 0.4) is 0 Å². The lowest BCUT2D eigenvalue weighted by atomic mass is 10.2. The molecular formula is C10H9ClN2S. The lowest BCUT2D eigenvalue weighted by molar-refractivity contribution is 1.39. The van der Waals surface area contributed by atoms with Gasteiger partial charge in [-0.2, -0.15) is 0 Å². The van der Waals surface area contributed by atoms with Gasteiger partial charge in [0.15, 0.2) is 0 Å². The summed E-state index contributed by atoms with van der Waals surface area (Å²) in [6.07, 6.45) is 0. The predicted molar refractivity (Wildman–Crippen MR) is 61.7 cm³/mol. The summed E-state index contributed by atoms with van der Waals surface area (Å²) < 4.78 is 0. The molecule has 2 nitrogen and oxygen atoms in total. The van der Waals surface area contributed by atoms with E-state index in [1.165, 1.54) is 0 Å². The summed E-state index contributed by atoms with van der Waals surface area (Å²) in [7, 11) is 0. The Balaban J connectivity index is 2.55. The van der Waals surface area contributed by atoms with E-state index in [-0.39, 0.29) is 0 Å². The molecule has 0 fully saturated rings. The first-order valence-corrected chi connectivity index (χ1v) is 5.35. The average Bonchev–Trinajstić information content (AvgIpc) is 2.48. The summed E-state index contributed by atoms with van der Waals surface area (Å²) >= 11 is 7.61. The Morgan fingerprint density at radius 3 is 2.64 bits per heavy atom. The van der Waals surface area contributed by atoms with Gasteiger partial charge in [-0.15, -0.1) is 11.3 Å². The molecule has 1 heterocycles. The third-order valence-corrected chi connectivity index (χ3v) is 3.29. The third kappa shape index (κ3) is 1.61. The summed E-state index contributed by atoms with van der Waals surface area (Å²) in [6, 6.07) is 7.63.